The molecule has 1 aromatic heterocycles. The van der Waals surface area contributed by atoms with E-state index in [-0.39, 0.29) is 6.07 Å². The van der Waals surface area contributed by atoms with Crippen molar-refractivity contribution in [2.24, 2.45) is 5.41 Å². The van der Waals surface area contributed by atoms with Crippen molar-refractivity contribution < 1.29 is 50.3 Å². The van der Waals surface area contributed by atoms with Crippen molar-refractivity contribution in [1.29, 1.82) is 0 Å². The molecular formula is C17H16F6N2O5. The number of carbonyl (C=O) groups excluding carboxylic acids is 1. The highest BCUT2D eigenvalue weighted by atomic mass is 19.4. The lowest BCUT2D eigenvalue weighted by molar-refractivity contribution is -0.143. The van der Waals surface area contributed by atoms with Crippen LogP contribution in [0.5, 0.6) is 0 Å². The lowest BCUT2D eigenvalue weighted by Gasteiger charge is -2.29. The Morgan fingerprint density at radius 1 is 1.13 bits per heavy atom. The van der Waals surface area contributed by atoms with Gasteiger partial charge in [-0.1, -0.05) is 19.0 Å². The molecule has 0 aliphatic heterocycles. The number of carboxylic acid groups (broad SMARTS) is 1. The van der Waals surface area contributed by atoms with E-state index >= 15 is 0 Å². The molecular weight excluding hydrogens is 426 g/mol. The van der Waals surface area contributed by atoms with Crippen molar-refractivity contribution in [3.63, 3.8) is 0 Å². The second-order valence-electron chi connectivity index (χ2n) is 7.19. The van der Waals surface area contributed by atoms with Crippen LogP contribution in [0.2, 0.25) is 0 Å². The number of rotatable bonds is 5. The molecule has 2 aromatic rings. The van der Waals surface area contributed by atoms with Crippen LogP contribution in [0.3, 0.4) is 0 Å². The standard InChI is InChI=1S/C17H16F6N2O5/c1-15(2,6-11(26)27)7-25(14(28)29-3)13-9-4-8(16(18,19)20)5-10(17(21,22)23)12(9)30-24-13/h4-5H,6-7H2,1-3H3,(H,26,27). The SMILES string of the molecule is COC(=O)N(CC(C)(C)CC(=O)O)c1noc2c(C(F)(F)F)cc(C(F)(F)F)cc12. The Labute approximate surface area is 165 Å². The van der Waals surface area contributed by atoms with Crippen LogP contribution in [0.4, 0.5) is 37.0 Å². The average Bonchev–Trinajstić information content (AvgIpc) is 2.99. The van der Waals surface area contributed by atoms with Crippen molar-refractivity contribution in [2.75, 3.05) is 18.6 Å². The van der Waals surface area contributed by atoms with E-state index in [0.29, 0.717) is 11.0 Å². The molecule has 0 saturated heterocycles. The van der Waals surface area contributed by atoms with Crippen LogP contribution in [0.1, 0.15) is 31.4 Å². The molecule has 0 atom stereocenters. The number of amides is 1. The molecule has 0 radical (unpaired) electrons. The summed E-state index contributed by atoms with van der Waals surface area (Å²) in [6.07, 6.45) is -12.0. The average molecular weight is 442 g/mol. The molecule has 0 aliphatic carbocycles. The predicted molar refractivity (Wildman–Crippen MR) is 89.8 cm³/mol. The van der Waals surface area contributed by atoms with E-state index in [9.17, 15) is 35.9 Å². The lowest BCUT2D eigenvalue weighted by atomic mass is 9.88. The molecule has 1 heterocycles. The Balaban J connectivity index is 2.73. The predicted octanol–water partition coefficient (Wildman–Crippen LogP) is 4.94. The van der Waals surface area contributed by atoms with Gasteiger partial charge in [-0.15, -0.1) is 0 Å². The molecule has 7 nitrogen and oxygen atoms in total. The number of carboxylic acids is 1. The number of methoxy groups -OCH3 is 1. The van der Waals surface area contributed by atoms with E-state index in [1.54, 1.807) is 0 Å². The van der Waals surface area contributed by atoms with Crippen molar-refractivity contribution in [3.8, 4) is 0 Å². The van der Waals surface area contributed by atoms with E-state index in [0.717, 1.165) is 7.11 Å². The highest BCUT2D eigenvalue weighted by Gasteiger charge is 2.41. The molecule has 0 unspecified atom stereocenters. The number of alkyl halides is 6. The number of halogens is 6. The summed E-state index contributed by atoms with van der Waals surface area (Å²) < 4.78 is 88.6. The summed E-state index contributed by atoms with van der Waals surface area (Å²) in [5.41, 5.74) is -5.49. The number of benzene rings is 1. The van der Waals surface area contributed by atoms with Crippen LogP contribution < -0.4 is 4.90 Å². The Hall–Kier alpha value is -2.99. The molecule has 13 heteroatoms. The van der Waals surface area contributed by atoms with Crippen molar-refractivity contribution in [3.05, 3.63) is 23.3 Å². The van der Waals surface area contributed by atoms with E-state index in [2.05, 4.69) is 14.4 Å². The summed E-state index contributed by atoms with van der Waals surface area (Å²) in [4.78, 5) is 23.9. The van der Waals surface area contributed by atoms with Gasteiger partial charge in [0.15, 0.2) is 11.4 Å². The maximum absolute atomic E-state index is 13.3. The van der Waals surface area contributed by atoms with Crippen LogP contribution in [-0.4, -0.2) is 36.0 Å². The monoisotopic (exact) mass is 442 g/mol. The summed E-state index contributed by atoms with van der Waals surface area (Å²) >= 11 is 0. The first-order valence-electron chi connectivity index (χ1n) is 8.22. The zero-order chi connectivity index (χ0) is 23.1. The van der Waals surface area contributed by atoms with Crippen LogP contribution in [0.15, 0.2) is 16.7 Å². The van der Waals surface area contributed by atoms with Crippen molar-refractivity contribution in [2.45, 2.75) is 32.6 Å². The van der Waals surface area contributed by atoms with Gasteiger partial charge in [0.1, 0.15) is 5.56 Å². The zero-order valence-corrected chi connectivity index (χ0v) is 15.8. The van der Waals surface area contributed by atoms with Gasteiger partial charge in [-0.2, -0.15) is 26.3 Å². The lowest BCUT2D eigenvalue weighted by Crippen LogP contribution is -2.40. The first kappa shape index (κ1) is 23.3. The molecule has 0 aliphatic rings. The van der Waals surface area contributed by atoms with Crippen LogP contribution >= 0.6 is 0 Å². The van der Waals surface area contributed by atoms with Gasteiger partial charge in [0.25, 0.3) is 0 Å². The number of anilines is 1. The van der Waals surface area contributed by atoms with Gasteiger partial charge in [-0.25, -0.2) is 4.79 Å². The van der Waals surface area contributed by atoms with Gasteiger partial charge in [-0.05, 0) is 17.5 Å². The molecule has 1 amide bonds. The Morgan fingerprint density at radius 2 is 1.73 bits per heavy atom. The van der Waals surface area contributed by atoms with Crippen LogP contribution in [0.25, 0.3) is 11.0 Å². The largest absolute Gasteiger partial charge is 0.481 e. The van der Waals surface area contributed by atoms with E-state index < -0.39 is 70.7 Å². The van der Waals surface area contributed by atoms with Crippen LogP contribution in [0, 0.1) is 5.41 Å². The minimum absolute atomic E-state index is 0.117. The Bertz CT molecular complexity index is 964. The third-order valence-corrected chi connectivity index (χ3v) is 4.05. The fraction of sp³-hybridized carbons (Fsp3) is 0.471. The van der Waals surface area contributed by atoms with Crippen LogP contribution in [-0.2, 0) is 21.9 Å². The molecule has 2 rings (SSSR count). The van der Waals surface area contributed by atoms with Gasteiger partial charge in [0.2, 0.25) is 0 Å². The molecule has 1 N–H and O–H groups in total. The van der Waals surface area contributed by atoms with Gasteiger partial charge >= 0.3 is 24.4 Å². The first-order chi connectivity index (χ1) is 13.6. The maximum atomic E-state index is 13.3. The van der Waals surface area contributed by atoms with Gasteiger partial charge in [0.05, 0.1) is 24.5 Å². The fourth-order valence-electron chi connectivity index (χ4n) is 2.83. The van der Waals surface area contributed by atoms with Gasteiger partial charge < -0.3 is 14.4 Å². The zero-order valence-electron chi connectivity index (χ0n) is 15.8. The summed E-state index contributed by atoms with van der Waals surface area (Å²) in [5, 5.41) is 11.6. The summed E-state index contributed by atoms with van der Waals surface area (Å²) in [7, 11) is 0.935. The van der Waals surface area contributed by atoms with E-state index in [4.69, 9.17) is 5.11 Å². The van der Waals surface area contributed by atoms with Crippen molar-refractivity contribution >= 4 is 28.8 Å². The third-order valence-electron chi connectivity index (χ3n) is 4.05. The minimum atomic E-state index is -5.20. The summed E-state index contributed by atoms with van der Waals surface area (Å²) in [5.74, 6) is -1.89. The molecule has 166 valence electrons. The molecule has 1 aromatic carbocycles. The normalized spacial score (nSPS) is 12.8. The molecule has 0 spiro atoms. The highest BCUT2D eigenvalue weighted by Crippen LogP contribution is 2.43. The number of aromatic nitrogens is 1. The number of ether oxygens (including phenoxy) is 1. The molecule has 0 fully saturated rings. The Morgan fingerprint density at radius 3 is 2.20 bits per heavy atom. The Kier molecular flexibility index (Phi) is 5.97. The minimum Gasteiger partial charge on any atom is -0.481 e. The van der Waals surface area contributed by atoms with E-state index in [1.165, 1.54) is 13.8 Å². The number of nitrogens with zero attached hydrogens (tertiary/aromatic N) is 2. The molecule has 0 saturated carbocycles. The maximum Gasteiger partial charge on any atom is 0.420 e. The number of aliphatic carboxylic acids is 1. The fourth-order valence-corrected chi connectivity index (χ4v) is 2.83. The number of hydrogen-bond acceptors (Lipinski definition) is 5. The first-order valence-corrected chi connectivity index (χ1v) is 8.22. The number of fused-ring (bicyclic) bond motifs is 1. The quantitative estimate of drug-likeness (QED) is 0.660. The topological polar surface area (TPSA) is 92.9 Å². The van der Waals surface area contributed by atoms with Gasteiger partial charge in [0, 0.05) is 6.54 Å². The second kappa shape index (κ2) is 7.69. The smallest absolute Gasteiger partial charge is 0.420 e. The number of hydrogen-bond donors (Lipinski definition) is 1. The molecule has 30 heavy (non-hydrogen) atoms. The van der Waals surface area contributed by atoms with Crippen molar-refractivity contribution in [1.82, 2.24) is 5.16 Å². The van der Waals surface area contributed by atoms with Gasteiger partial charge in [-0.3, -0.25) is 9.69 Å². The number of carbonyl (C=O) groups is 2. The third kappa shape index (κ3) is 4.94. The summed E-state index contributed by atoms with van der Waals surface area (Å²) in [6, 6.07) is 0.255. The highest BCUT2D eigenvalue weighted by molar-refractivity contribution is 5.99. The summed E-state index contributed by atoms with van der Waals surface area (Å²) in [6.45, 7) is 2.43. The van der Waals surface area contributed by atoms with E-state index in [1.807, 2.05) is 0 Å². The molecule has 0 bridgehead atoms. The second-order valence-corrected chi connectivity index (χ2v) is 7.19.